The van der Waals surface area contributed by atoms with E-state index in [4.69, 9.17) is 9.47 Å². The second kappa shape index (κ2) is 8.06. The molecule has 2 fully saturated rings. The van der Waals surface area contributed by atoms with Gasteiger partial charge in [0.25, 0.3) is 0 Å². The largest absolute Gasteiger partial charge is 0.466 e. The molecular formula is C19H27NO5S. The predicted molar refractivity (Wildman–Crippen MR) is 97.1 cm³/mol. The van der Waals surface area contributed by atoms with Crippen LogP contribution in [-0.2, 0) is 24.3 Å². The van der Waals surface area contributed by atoms with E-state index in [-0.39, 0.29) is 12.1 Å². The minimum atomic E-state index is -3.50. The Balaban J connectivity index is 1.63. The van der Waals surface area contributed by atoms with Crippen LogP contribution in [0.25, 0.3) is 0 Å². The molecule has 0 saturated carbocycles. The molecule has 0 unspecified atom stereocenters. The highest BCUT2D eigenvalue weighted by molar-refractivity contribution is 7.89. The van der Waals surface area contributed by atoms with Gasteiger partial charge in [-0.25, -0.2) is 8.42 Å². The van der Waals surface area contributed by atoms with Gasteiger partial charge in [0.15, 0.2) is 0 Å². The standard InChI is InChI=1S/C19H27NO5S/c1-2-24-18(21)10-9-16-11-13-19(25-16)12-6-14-20(15-19)26(22,23)17-7-4-3-5-8-17/h3-5,7-8,16H,2,6,9-15H2,1H3/t16-,19+/m1/s1. The number of ether oxygens (including phenoxy) is 2. The van der Waals surface area contributed by atoms with Gasteiger partial charge < -0.3 is 9.47 Å². The summed E-state index contributed by atoms with van der Waals surface area (Å²) >= 11 is 0. The maximum absolute atomic E-state index is 12.9. The lowest BCUT2D eigenvalue weighted by atomic mass is 9.91. The van der Waals surface area contributed by atoms with E-state index < -0.39 is 15.6 Å². The molecule has 1 aromatic carbocycles. The van der Waals surface area contributed by atoms with Crippen molar-refractivity contribution < 1.29 is 22.7 Å². The van der Waals surface area contributed by atoms with E-state index in [1.54, 1.807) is 35.5 Å². The summed E-state index contributed by atoms with van der Waals surface area (Å²) in [5.74, 6) is -0.200. The third-order valence-corrected chi connectivity index (χ3v) is 7.06. The number of carbonyl (C=O) groups is 1. The molecule has 2 atom stereocenters. The topological polar surface area (TPSA) is 72.9 Å². The highest BCUT2D eigenvalue weighted by Gasteiger charge is 2.45. The molecule has 0 amide bonds. The van der Waals surface area contributed by atoms with E-state index in [0.29, 0.717) is 37.4 Å². The molecule has 0 radical (unpaired) electrons. The predicted octanol–water partition coefficient (Wildman–Crippen LogP) is 2.73. The SMILES string of the molecule is CCOC(=O)CC[C@@H]1CC[C@]2(CCCN(S(=O)(=O)c3ccccc3)C2)O1. The summed E-state index contributed by atoms with van der Waals surface area (Å²) in [5.41, 5.74) is -0.417. The molecule has 6 nitrogen and oxygen atoms in total. The third-order valence-electron chi connectivity index (χ3n) is 5.20. The van der Waals surface area contributed by atoms with Crippen molar-refractivity contribution in [2.45, 2.75) is 62.0 Å². The lowest BCUT2D eigenvalue weighted by molar-refractivity contribution is -0.144. The maximum atomic E-state index is 12.9. The van der Waals surface area contributed by atoms with Gasteiger partial charge in [0, 0.05) is 19.5 Å². The van der Waals surface area contributed by atoms with Crippen LogP contribution >= 0.6 is 0 Å². The lowest BCUT2D eigenvalue weighted by Crippen LogP contribution is -2.50. The van der Waals surface area contributed by atoms with Crippen molar-refractivity contribution >= 4 is 16.0 Å². The van der Waals surface area contributed by atoms with Crippen molar-refractivity contribution in [1.29, 1.82) is 0 Å². The van der Waals surface area contributed by atoms with Crippen molar-refractivity contribution in [3.05, 3.63) is 30.3 Å². The molecule has 0 aromatic heterocycles. The van der Waals surface area contributed by atoms with Crippen molar-refractivity contribution in [2.24, 2.45) is 0 Å². The van der Waals surface area contributed by atoms with Crippen LogP contribution in [0.1, 0.15) is 45.4 Å². The van der Waals surface area contributed by atoms with Crippen LogP contribution in [0.15, 0.2) is 35.2 Å². The monoisotopic (exact) mass is 381 g/mol. The number of carbonyl (C=O) groups excluding carboxylic acids is 1. The Morgan fingerprint density at radius 2 is 2.08 bits per heavy atom. The molecule has 7 heteroatoms. The molecule has 2 aliphatic rings. The Kier molecular flexibility index (Phi) is 5.99. The fourth-order valence-electron chi connectivity index (χ4n) is 3.91. The van der Waals surface area contributed by atoms with Gasteiger partial charge >= 0.3 is 5.97 Å². The van der Waals surface area contributed by atoms with E-state index in [1.807, 2.05) is 6.07 Å². The first kappa shape index (κ1) is 19.3. The summed E-state index contributed by atoms with van der Waals surface area (Å²) < 4.78 is 38.6. The first-order chi connectivity index (χ1) is 12.5. The van der Waals surface area contributed by atoms with Crippen LogP contribution in [0.2, 0.25) is 0 Å². The summed E-state index contributed by atoms with van der Waals surface area (Å²) in [7, 11) is -3.50. The molecule has 144 valence electrons. The molecule has 0 bridgehead atoms. The summed E-state index contributed by atoms with van der Waals surface area (Å²) in [6, 6.07) is 8.56. The van der Waals surface area contributed by atoms with E-state index in [9.17, 15) is 13.2 Å². The Hall–Kier alpha value is -1.44. The van der Waals surface area contributed by atoms with Gasteiger partial charge in [0.05, 0.1) is 23.2 Å². The average molecular weight is 381 g/mol. The zero-order valence-electron chi connectivity index (χ0n) is 15.2. The number of hydrogen-bond acceptors (Lipinski definition) is 5. The number of piperidine rings is 1. The Labute approximate surface area is 155 Å². The highest BCUT2D eigenvalue weighted by atomic mass is 32.2. The van der Waals surface area contributed by atoms with Gasteiger partial charge in [-0.2, -0.15) is 4.31 Å². The Morgan fingerprint density at radius 3 is 2.81 bits per heavy atom. The van der Waals surface area contributed by atoms with Gasteiger partial charge in [-0.1, -0.05) is 18.2 Å². The van der Waals surface area contributed by atoms with E-state index >= 15 is 0 Å². The molecular weight excluding hydrogens is 354 g/mol. The Morgan fingerprint density at radius 1 is 1.31 bits per heavy atom. The average Bonchev–Trinajstić information content (AvgIpc) is 3.03. The molecule has 0 N–H and O–H groups in total. The molecule has 0 aliphatic carbocycles. The van der Waals surface area contributed by atoms with Crippen molar-refractivity contribution in [3.63, 3.8) is 0 Å². The van der Waals surface area contributed by atoms with Crippen LogP contribution in [0.3, 0.4) is 0 Å². The smallest absolute Gasteiger partial charge is 0.305 e. The summed E-state index contributed by atoms with van der Waals surface area (Å²) in [5, 5.41) is 0. The van der Waals surface area contributed by atoms with Gasteiger partial charge in [-0.3, -0.25) is 4.79 Å². The highest BCUT2D eigenvalue weighted by Crippen LogP contribution is 2.40. The summed E-state index contributed by atoms with van der Waals surface area (Å²) in [6.07, 6.45) is 4.33. The Bertz CT molecular complexity index is 721. The van der Waals surface area contributed by atoms with Gasteiger partial charge in [-0.15, -0.1) is 0 Å². The van der Waals surface area contributed by atoms with Crippen LogP contribution in [0.5, 0.6) is 0 Å². The third kappa shape index (κ3) is 4.27. The maximum Gasteiger partial charge on any atom is 0.305 e. The van der Waals surface area contributed by atoms with Crippen LogP contribution < -0.4 is 0 Å². The second-order valence-corrected chi connectivity index (χ2v) is 9.00. The number of rotatable bonds is 6. The normalized spacial score (nSPS) is 26.9. The number of esters is 1. The van der Waals surface area contributed by atoms with Crippen molar-refractivity contribution in [1.82, 2.24) is 4.31 Å². The number of sulfonamides is 1. The first-order valence-corrected chi connectivity index (χ1v) is 10.8. The minimum absolute atomic E-state index is 0.00112. The fourth-order valence-corrected chi connectivity index (χ4v) is 5.49. The van der Waals surface area contributed by atoms with Crippen LogP contribution in [0.4, 0.5) is 0 Å². The number of hydrogen-bond donors (Lipinski definition) is 0. The summed E-state index contributed by atoms with van der Waals surface area (Å²) in [6.45, 7) is 3.10. The van der Waals surface area contributed by atoms with Crippen molar-refractivity contribution in [3.8, 4) is 0 Å². The number of nitrogens with zero attached hydrogens (tertiary/aromatic N) is 1. The van der Waals surface area contributed by atoms with Gasteiger partial charge in [0.2, 0.25) is 10.0 Å². The summed E-state index contributed by atoms with van der Waals surface area (Å²) in [4.78, 5) is 11.9. The van der Waals surface area contributed by atoms with Crippen LogP contribution in [-0.4, -0.2) is 50.1 Å². The van der Waals surface area contributed by atoms with Crippen LogP contribution in [0, 0.1) is 0 Å². The molecule has 1 aromatic rings. The molecule has 26 heavy (non-hydrogen) atoms. The van der Waals surface area contributed by atoms with E-state index in [2.05, 4.69) is 0 Å². The lowest BCUT2D eigenvalue weighted by Gasteiger charge is -2.39. The fraction of sp³-hybridized carbons (Fsp3) is 0.632. The molecule has 1 spiro atoms. The first-order valence-electron chi connectivity index (χ1n) is 9.34. The van der Waals surface area contributed by atoms with E-state index in [1.165, 1.54) is 0 Å². The molecule has 2 aliphatic heterocycles. The zero-order chi connectivity index (χ0) is 18.6. The van der Waals surface area contributed by atoms with Crippen molar-refractivity contribution in [2.75, 3.05) is 19.7 Å². The van der Waals surface area contributed by atoms with Gasteiger partial charge in [-0.05, 0) is 51.2 Å². The van der Waals surface area contributed by atoms with E-state index in [0.717, 1.165) is 25.7 Å². The molecule has 3 rings (SSSR count). The number of benzene rings is 1. The van der Waals surface area contributed by atoms with Gasteiger partial charge in [0.1, 0.15) is 0 Å². The minimum Gasteiger partial charge on any atom is -0.466 e. The quantitative estimate of drug-likeness (QED) is 0.709. The zero-order valence-corrected chi connectivity index (χ0v) is 16.0. The second-order valence-electron chi connectivity index (χ2n) is 7.06. The molecule has 2 saturated heterocycles. The molecule has 2 heterocycles.